The molecule has 0 spiro atoms. The molecule has 0 heterocycles. The van der Waals surface area contributed by atoms with E-state index in [1.165, 1.54) is 209 Å². The van der Waals surface area contributed by atoms with Crippen LogP contribution in [0, 0.1) is 0 Å². The molecular weight excluding hydrogens is 621 g/mol. The van der Waals surface area contributed by atoms with Crippen LogP contribution < -0.4 is 0 Å². The van der Waals surface area contributed by atoms with Gasteiger partial charge in [0.1, 0.15) is 0 Å². The van der Waals surface area contributed by atoms with Gasteiger partial charge in [-0.15, -0.1) is 0 Å². The SMILES string of the molecule is CCCCCCCCCCCCCCCC[N+](C)(C)C.CCCC[N+](CCCC)(CCCC)CCCC.CC[N+](CC)(CC)CC.C[N+](C)(C)C. The summed E-state index contributed by atoms with van der Waals surface area (Å²) in [4.78, 5) is 0. The van der Waals surface area contributed by atoms with Crippen molar-refractivity contribution in [3.63, 3.8) is 0 Å². The molecular formula is C47H110N4+4. The van der Waals surface area contributed by atoms with Crippen molar-refractivity contribution >= 4 is 0 Å². The van der Waals surface area contributed by atoms with Crippen LogP contribution in [0.1, 0.15) is 204 Å². The summed E-state index contributed by atoms with van der Waals surface area (Å²) in [6.45, 7) is 32.9. The topological polar surface area (TPSA) is 0 Å². The molecule has 0 N–H and O–H groups in total. The first kappa shape index (κ1) is 57.6. The van der Waals surface area contributed by atoms with Gasteiger partial charge in [-0.25, -0.2) is 0 Å². The van der Waals surface area contributed by atoms with Crippen LogP contribution in [0.5, 0.6) is 0 Å². The highest BCUT2D eigenvalue weighted by Crippen LogP contribution is 2.17. The van der Waals surface area contributed by atoms with Crippen molar-refractivity contribution in [2.75, 3.05) is 108 Å². The second-order valence-corrected chi connectivity index (χ2v) is 18.6. The Morgan fingerprint density at radius 1 is 0.235 bits per heavy atom. The van der Waals surface area contributed by atoms with Gasteiger partial charge < -0.3 is 17.9 Å². The molecule has 4 heteroatoms. The fraction of sp³-hybridized carbons (Fsp3) is 1.00. The van der Waals surface area contributed by atoms with Crippen molar-refractivity contribution in [2.45, 2.75) is 204 Å². The van der Waals surface area contributed by atoms with Gasteiger partial charge in [-0.05, 0) is 66.2 Å². The monoisotopic (exact) mass is 731 g/mol. The first-order valence-corrected chi connectivity index (χ1v) is 23.3. The van der Waals surface area contributed by atoms with E-state index in [0.717, 1.165) is 8.97 Å². The highest BCUT2D eigenvalue weighted by Gasteiger charge is 2.24. The maximum Gasteiger partial charge on any atom is 0.0786 e. The average Bonchev–Trinajstić information content (AvgIpc) is 3.08. The molecule has 0 saturated carbocycles. The van der Waals surface area contributed by atoms with Crippen LogP contribution in [-0.4, -0.2) is 126 Å². The Labute approximate surface area is 328 Å². The van der Waals surface area contributed by atoms with Gasteiger partial charge in [0.15, 0.2) is 0 Å². The van der Waals surface area contributed by atoms with Crippen molar-refractivity contribution in [1.82, 2.24) is 0 Å². The van der Waals surface area contributed by atoms with E-state index in [1.807, 2.05) is 0 Å². The Morgan fingerprint density at radius 2 is 0.451 bits per heavy atom. The summed E-state index contributed by atoms with van der Waals surface area (Å²) in [6.07, 6.45) is 31.4. The zero-order valence-corrected chi connectivity index (χ0v) is 39.7. The van der Waals surface area contributed by atoms with E-state index in [4.69, 9.17) is 0 Å². The number of unbranched alkanes of at least 4 members (excludes halogenated alkanes) is 17. The van der Waals surface area contributed by atoms with Crippen LogP contribution >= 0.6 is 0 Å². The Kier molecular flexibility index (Phi) is 44.6. The van der Waals surface area contributed by atoms with Gasteiger partial charge in [0.05, 0.1) is 108 Å². The minimum absolute atomic E-state index is 1.00. The first-order valence-electron chi connectivity index (χ1n) is 23.3. The van der Waals surface area contributed by atoms with Crippen LogP contribution in [0.2, 0.25) is 0 Å². The number of nitrogens with zero attached hydrogens (tertiary/aromatic N) is 4. The fourth-order valence-electron chi connectivity index (χ4n) is 6.77. The molecule has 4 nitrogen and oxygen atoms in total. The van der Waals surface area contributed by atoms with Gasteiger partial charge in [-0.3, -0.25) is 0 Å². The highest BCUT2D eigenvalue weighted by atomic mass is 15.3. The molecule has 0 aliphatic heterocycles. The van der Waals surface area contributed by atoms with Crippen molar-refractivity contribution in [2.24, 2.45) is 0 Å². The first-order chi connectivity index (χ1) is 24.0. The lowest BCUT2D eigenvalue weighted by molar-refractivity contribution is -0.929. The summed E-state index contributed by atoms with van der Waals surface area (Å²) < 4.78 is 4.82. The molecule has 0 amide bonds. The van der Waals surface area contributed by atoms with Gasteiger partial charge in [0, 0.05) is 0 Å². The lowest BCUT2D eigenvalue weighted by atomic mass is 10.0. The average molecular weight is 731 g/mol. The Balaban J connectivity index is -0.000000320. The normalized spacial score (nSPS) is 12.0. The molecule has 0 bridgehead atoms. The number of hydrogen-bond acceptors (Lipinski definition) is 0. The Hall–Kier alpha value is -0.160. The maximum absolute atomic E-state index is 2.33. The van der Waals surface area contributed by atoms with E-state index < -0.39 is 0 Å². The molecule has 0 aromatic rings. The lowest BCUT2D eigenvalue weighted by Crippen LogP contribution is -2.50. The molecule has 0 atom stereocenters. The van der Waals surface area contributed by atoms with Gasteiger partial charge >= 0.3 is 0 Å². The van der Waals surface area contributed by atoms with E-state index in [1.54, 1.807) is 0 Å². The van der Waals surface area contributed by atoms with Gasteiger partial charge in [-0.1, -0.05) is 137 Å². The largest absolute Gasteiger partial charge is 0.333 e. The van der Waals surface area contributed by atoms with Crippen molar-refractivity contribution in [3.8, 4) is 0 Å². The summed E-state index contributed by atoms with van der Waals surface area (Å²) >= 11 is 0. The molecule has 0 saturated heterocycles. The molecule has 0 aliphatic rings. The summed E-state index contributed by atoms with van der Waals surface area (Å²) in [5, 5.41) is 0. The molecule has 0 unspecified atom stereocenters. The molecule has 0 radical (unpaired) electrons. The Morgan fingerprint density at radius 3 is 0.627 bits per heavy atom. The standard InChI is InChI=1S/C19H42N.C16H36N.C8H20N.C4H12N/c1-5-6-7-8-9-10-11-12-13-14-15-16-17-18-19-20(2,3)4;1-5-9-13-17(14-10-6-2,15-11-7-3)16-12-8-4;1-5-9(6-2,7-3)8-4;1-5(2,3)4/h5-19H2,1-4H3;5-16H2,1-4H3;5-8H2,1-4H3;1-4H3/q4*+1. The smallest absolute Gasteiger partial charge is 0.0786 e. The third-order valence-corrected chi connectivity index (χ3v) is 10.8. The second kappa shape index (κ2) is 39.5. The molecule has 0 aromatic carbocycles. The lowest BCUT2D eigenvalue weighted by Gasteiger charge is -2.39. The maximum atomic E-state index is 2.33. The summed E-state index contributed by atoms with van der Waals surface area (Å²) in [6, 6.07) is 0. The summed E-state index contributed by atoms with van der Waals surface area (Å²) in [7, 11) is 15.4. The molecule has 0 rings (SSSR count). The van der Waals surface area contributed by atoms with E-state index in [9.17, 15) is 0 Å². The molecule has 314 valence electrons. The zero-order chi connectivity index (χ0) is 39.9. The quantitative estimate of drug-likeness (QED) is 0.0492. The van der Waals surface area contributed by atoms with Crippen LogP contribution in [-0.2, 0) is 0 Å². The minimum atomic E-state index is 1.00. The molecule has 0 aliphatic carbocycles. The summed E-state index contributed by atoms with van der Waals surface area (Å²) in [5.41, 5.74) is 0. The second-order valence-electron chi connectivity index (χ2n) is 18.6. The van der Waals surface area contributed by atoms with Crippen LogP contribution in [0.3, 0.4) is 0 Å². The van der Waals surface area contributed by atoms with Gasteiger partial charge in [0.25, 0.3) is 0 Å². The van der Waals surface area contributed by atoms with Crippen LogP contribution in [0.4, 0.5) is 0 Å². The predicted molar refractivity (Wildman–Crippen MR) is 239 cm³/mol. The van der Waals surface area contributed by atoms with E-state index in [2.05, 4.69) is 112 Å². The predicted octanol–water partition coefficient (Wildman–Crippen LogP) is 13.4. The van der Waals surface area contributed by atoms with Gasteiger partial charge in [0.2, 0.25) is 0 Å². The van der Waals surface area contributed by atoms with Gasteiger partial charge in [-0.2, -0.15) is 0 Å². The van der Waals surface area contributed by atoms with Crippen molar-refractivity contribution < 1.29 is 17.9 Å². The van der Waals surface area contributed by atoms with Crippen molar-refractivity contribution in [3.05, 3.63) is 0 Å². The molecule has 51 heavy (non-hydrogen) atoms. The third-order valence-electron chi connectivity index (χ3n) is 10.8. The summed E-state index contributed by atoms with van der Waals surface area (Å²) in [5.74, 6) is 0. The molecule has 0 aromatic heterocycles. The Bertz CT molecular complexity index is 568. The van der Waals surface area contributed by atoms with Crippen LogP contribution in [0.25, 0.3) is 0 Å². The zero-order valence-electron chi connectivity index (χ0n) is 39.7. The number of hydrogen-bond donors (Lipinski definition) is 0. The van der Waals surface area contributed by atoms with E-state index >= 15 is 0 Å². The third kappa shape index (κ3) is 47.8. The number of rotatable bonds is 31. The van der Waals surface area contributed by atoms with Crippen molar-refractivity contribution in [1.29, 1.82) is 0 Å². The highest BCUT2D eigenvalue weighted by molar-refractivity contribution is 4.50. The van der Waals surface area contributed by atoms with E-state index in [-0.39, 0.29) is 0 Å². The van der Waals surface area contributed by atoms with E-state index in [0.29, 0.717) is 0 Å². The molecule has 0 fully saturated rings. The fourth-order valence-corrected chi connectivity index (χ4v) is 6.77. The number of quaternary nitrogens is 4. The van der Waals surface area contributed by atoms with Crippen LogP contribution in [0.15, 0.2) is 0 Å². The minimum Gasteiger partial charge on any atom is -0.333 e.